The summed E-state index contributed by atoms with van der Waals surface area (Å²) in [5.74, 6) is -7.52. The summed E-state index contributed by atoms with van der Waals surface area (Å²) in [4.78, 5) is 130. The Morgan fingerprint density at radius 3 is 2.26 bits per heavy atom. The first kappa shape index (κ1) is 53.9. The molecule has 1 aliphatic rings. The number of pyridine rings is 1. The van der Waals surface area contributed by atoms with Gasteiger partial charge in [0.05, 0.1) is 11.6 Å². The molecule has 1 aromatic carbocycles. The molecule has 0 saturated heterocycles. The van der Waals surface area contributed by atoms with Crippen molar-refractivity contribution in [1.29, 1.82) is 0 Å². The van der Waals surface area contributed by atoms with E-state index in [1.165, 1.54) is 51.0 Å². The van der Waals surface area contributed by atoms with Crippen LogP contribution in [0.25, 0.3) is 10.9 Å². The fourth-order valence-corrected chi connectivity index (χ4v) is 7.44. The van der Waals surface area contributed by atoms with Crippen molar-refractivity contribution in [3.63, 3.8) is 0 Å². The van der Waals surface area contributed by atoms with Crippen LogP contribution < -0.4 is 21.7 Å². The summed E-state index contributed by atoms with van der Waals surface area (Å²) < 4.78 is 10.9. The lowest BCUT2D eigenvalue weighted by molar-refractivity contribution is -0.160. The van der Waals surface area contributed by atoms with Crippen molar-refractivity contribution in [2.24, 2.45) is 17.6 Å². The second-order valence-electron chi connectivity index (χ2n) is 17.0. The van der Waals surface area contributed by atoms with E-state index in [0.717, 1.165) is 9.80 Å². The number of nitrogens with one attached hydrogen (secondary N) is 3. The Hall–Kier alpha value is -6.48. The van der Waals surface area contributed by atoms with Crippen LogP contribution in [0.1, 0.15) is 64.9 Å². The van der Waals surface area contributed by atoms with Crippen molar-refractivity contribution in [2.75, 3.05) is 48.5 Å². The highest BCUT2D eigenvalue weighted by Crippen LogP contribution is 2.23. The third-order valence-corrected chi connectivity index (χ3v) is 11.4. The number of ether oxygens (including phenoxy) is 2. The molecule has 0 aliphatic carbocycles. The van der Waals surface area contributed by atoms with Gasteiger partial charge in [0.25, 0.3) is 5.91 Å². The van der Waals surface area contributed by atoms with Crippen LogP contribution in [0, 0.1) is 11.8 Å². The molecule has 21 nitrogen and oxygen atoms in total. The molecular formula is C45H65N9O12. The number of esters is 2. The number of para-hydroxylation sites is 1. The van der Waals surface area contributed by atoms with Gasteiger partial charge in [0.2, 0.25) is 29.5 Å². The lowest BCUT2D eigenvalue weighted by atomic mass is 10.00. The van der Waals surface area contributed by atoms with Gasteiger partial charge in [-0.1, -0.05) is 58.0 Å². The summed E-state index contributed by atoms with van der Waals surface area (Å²) >= 11 is 0. The van der Waals surface area contributed by atoms with Crippen LogP contribution in [0.5, 0.6) is 5.75 Å². The number of rotatable bonds is 13. The number of nitrogens with two attached hydrogens (primary N) is 1. The molecule has 2 aromatic rings. The second kappa shape index (κ2) is 24.2. The fourth-order valence-electron chi connectivity index (χ4n) is 7.44. The van der Waals surface area contributed by atoms with Crippen molar-refractivity contribution in [3.8, 4) is 5.75 Å². The number of aldehydes is 1. The first-order valence-electron chi connectivity index (χ1n) is 21.6. The van der Waals surface area contributed by atoms with Crippen molar-refractivity contribution < 1.29 is 57.7 Å². The zero-order valence-electron chi connectivity index (χ0n) is 39.5. The number of nitrogens with zero attached hydrogens (tertiary/aromatic N) is 5. The summed E-state index contributed by atoms with van der Waals surface area (Å²) in [6, 6.07) is -1.53. The van der Waals surface area contributed by atoms with Gasteiger partial charge < -0.3 is 60.7 Å². The number of amides is 6. The Bertz CT molecular complexity index is 2150. The number of carbonyl (C=O) groups is 9. The minimum Gasteiger partial charge on any atom is -0.505 e. The van der Waals surface area contributed by atoms with Crippen LogP contribution in [0.4, 0.5) is 0 Å². The van der Waals surface area contributed by atoms with Crippen molar-refractivity contribution in [2.45, 2.75) is 103 Å². The molecule has 0 bridgehead atoms. The summed E-state index contributed by atoms with van der Waals surface area (Å²) in [7, 11) is 7.10. The molecule has 8 atom stereocenters. The van der Waals surface area contributed by atoms with Gasteiger partial charge in [-0.25, -0.2) is 14.6 Å². The number of carbonyl (C=O) groups excluding carboxylic acids is 9. The van der Waals surface area contributed by atoms with E-state index >= 15 is 0 Å². The average Bonchev–Trinajstić information content (AvgIpc) is 3.28. The Balaban J connectivity index is 1.96. The predicted octanol–water partition coefficient (Wildman–Crippen LogP) is -0.266. The molecule has 1 aliphatic heterocycles. The first-order chi connectivity index (χ1) is 31.0. The summed E-state index contributed by atoms with van der Waals surface area (Å²) in [5, 5.41) is 18.8. The maximum atomic E-state index is 14.5. The smallest absolute Gasteiger partial charge is 0.329 e. The number of likely N-dealkylation sites (N-methyl/N-ethyl adjacent to an activating group) is 5. The van der Waals surface area contributed by atoms with E-state index in [1.807, 2.05) is 0 Å². The quantitative estimate of drug-likeness (QED) is 0.0983. The molecule has 6 N–H and O–H groups in total. The SMILES string of the molecule is CNC(C)C(=O)N(C)[C@H]1C/C=C\C[C@@H](C(=O)N(C)C(C(=O)OCC(C=O)NC(=O)c2nc3ccccc3cc2O)C(C)C)N(C)C(=O)C(C)NC(=O)C(N)COC(=O)C(C(C)C)N(C)C1=O. The van der Waals surface area contributed by atoms with E-state index in [0.29, 0.717) is 17.2 Å². The molecular weight excluding hydrogens is 859 g/mol. The topological polar surface area (TPSA) is 280 Å². The molecule has 6 unspecified atom stereocenters. The maximum Gasteiger partial charge on any atom is 0.329 e. The van der Waals surface area contributed by atoms with Crippen LogP contribution >= 0.6 is 0 Å². The summed E-state index contributed by atoms with van der Waals surface area (Å²) in [6.45, 7) is 8.44. The number of aromatic hydroxyl groups is 1. The summed E-state index contributed by atoms with van der Waals surface area (Å²) in [6.07, 6.45) is 3.18. The van der Waals surface area contributed by atoms with Gasteiger partial charge in [0, 0.05) is 33.6 Å². The Morgan fingerprint density at radius 1 is 1.02 bits per heavy atom. The molecule has 362 valence electrons. The highest BCUT2D eigenvalue weighted by Gasteiger charge is 2.40. The Morgan fingerprint density at radius 2 is 1.65 bits per heavy atom. The number of hydrogen-bond acceptors (Lipinski definition) is 15. The first-order valence-corrected chi connectivity index (χ1v) is 21.6. The Labute approximate surface area is 384 Å². The molecule has 1 aromatic heterocycles. The molecule has 3 rings (SSSR count). The van der Waals surface area contributed by atoms with Crippen LogP contribution in [0.3, 0.4) is 0 Å². The Kier molecular flexibility index (Phi) is 19.7. The zero-order chi connectivity index (χ0) is 49.7. The molecule has 2 heterocycles. The molecule has 0 spiro atoms. The van der Waals surface area contributed by atoms with Crippen LogP contribution in [-0.4, -0.2) is 180 Å². The normalized spacial score (nSPS) is 22.3. The number of aromatic nitrogens is 1. The molecule has 0 fully saturated rings. The number of benzene rings is 1. The maximum absolute atomic E-state index is 14.5. The average molecular weight is 924 g/mol. The van der Waals surface area contributed by atoms with Gasteiger partial charge in [0.15, 0.2) is 5.69 Å². The largest absolute Gasteiger partial charge is 0.505 e. The molecule has 0 radical (unpaired) electrons. The van der Waals surface area contributed by atoms with E-state index < -0.39 is 127 Å². The van der Waals surface area contributed by atoms with E-state index in [4.69, 9.17) is 15.2 Å². The minimum atomic E-state index is -1.43. The highest BCUT2D eigenvalue weighted by molar-refractivity contribution is 5.99. The van der Waals surface area contributed by atoms with Crippen LogP contribution in [-0.2, 0) is 47.8 Å². The molecule has 21 heteroatoms. The lowest BCUT2D eigenvalue weighted by Gasteiger charge is -2.36. The standard InChI is InChI=1S/C45H65N9O12/c1-24(2)36(44(63)65-22-29(21-55)49-39(58)35-34(56)20-28-16-12-13-17-31(28)50-35)53(10)43(62)33-19-15-14-18-32(51(8)40(59)26(5)47-7)42(61)54(11)37(25(3)4)45(64)66-23-30(46)38(57)48-27(6)41(60)52(33)9/h12-17,20-21,24-27,29-30,32-33,36-37,47,56H,18-19,22-23,46H2,1-11H3,(H,48,57)(H,49,58)/b15-14-/t26?,27?,29?,30?,32-,33-,36?,37?/m0/s1. The van der Waals surface area contributed by atoms with Crippen molar-refractivity contribution >= 4 is 64.6 Å². The van der Waals surface area contributed by atoms with E-state index in [2.05, 4.69) is 20.9 Å². The number of cyclic esters (lactones) is 1. The van der Waals surface area contributed by atoms with Gasteiger partial charge in [-0.2, -0.15) is 0 Å². The van der Waals surface area contributed by atoms with Crippen LogP contribution in [0.15, 0.2) is 42.5 Å². The lowest BCUT2D eigenvalue weighted by Crippen LogP contribution is -2.58. The third kappa shape index (κ3) is 13.3. The fraction of sp³-hybridized carbons (Fsp3) is 0.556. The molecule has 0 saturated carbocycles. The predicted molar refractivity (Wildman–Crippen MR) is 241 cm³/mol. The van der Waals surface area contributed by atoms with Crippen molar-refractivity contribution in [3.05, 3.63) is 48.2 Å². The monoisotopic (exact) mass is 923 g/mol. The third-order valence-electron chi connectivity index (χ3n) is 11.4. The number of hydrogen-bond donors (Lipinski definition) is 5. The van der Waals surface area contributed by atoms with Gasteiger partial charge in [0.1, 0.15) is 67.5 Å². The van der Waals surface area contributed by atoms with E-state index in [1.54, 1.807) is 78.1 Å². The molecule has 6 amide bonds. The van der Waals surface area contributed by atoms with Gasteiger partial charge >= 0.3 is 11.9 Å². The molecule has 66 heavy (non-hydrogen) atoms. The zero-order valence-corrected chi connectivity index (χ0v) is 39.5. The van der Waals surface area contributed by atoms with Crippen molar-refractivity contribution in [1.82, 2.24) is 40.5 Å². The van der Waals surface area contributed by atoms with E-state index in [-0.39, 0.29) is 18.5 Å². The van der Waals surface area contributed by atoms with Gasteiger partial charge in [-0.05, 0) is 57.7 Å². The van der Waals surface area contributed by atoms with E-state index in [9.17, 15) is 48.3 Å². The minimum absolute atomic E-state index is 0.0839. The summed E-state index contributed by atoms with van der Waals surface area (Å²) in [5.41, 5.74) is 6.13. The highest BCUT2D eigenvalue weighted by atomic mass is 16.5. The second-order valence-corrected chi connectivity index (χ2v) is 17.0. The van der Waals surface area contributed by atoms with Crippen LogP contribution in [0.2, 0.25) is 0 Å². The van der Waals surface area contributed by atoms with Gasteiger partial charge in [-0.3, -0.25) is 28.8 Å². The number of fused-ring (bicyclic) bond motifs is 1. The van der Waals surface area contributed by atoms with Gasteiger partial charge in [-0.15, -0.1) is 0 Å².